The van der Waals surface area contributed by atoms with Gasteiger partial charge in [0.15, 0.2) is 12.6 Å². The molecule has 1 atom stereocenters. The number of nitrogens with one attached hydrogen (secondary N) is 1. The molecule has 3 aromatic rings. The van der Waals surface area contributed by atoms with Crippen LogP contribution in [0.4, 0.5) is 5.69 Å². The second-order valence-corrected chi connectivity index (χ2v) is 7.73. The van der Waals surface area contributed by atoms with Crippen LogP contribution in [0.5, 0.6) is 0 Å². The highest BCUT2D eigenvalue weighted by atomic mass is 16.5. The molecule has 0 saturated heterocycles. The number of hydrogen-bond acceptors (Lipinski definition) is 7. The van der Waals surface area contributed by atoms with Gasteiger partial charge in [-0.3, -0.25) is 9.59 Å². The third kappa shape index (κ3) is 5.84. The number of aromatic nitrogens is 4. The van der Waals surface area contributed by atoms with Crippen LogP contribution in [-0.4, -0.2) is 44.0 Å². The van der Waals surface area contributed by atoms with E-state index in [0.717, 1.165) is 15.9 Å². The van der Waals surface area contributed by atoms with E-state index >= 15 is 0 Å². The molecule has 1 heterocycles. The second-order valence-electron chi connectivity index (χ2n) is 7.73. The molecule has 0 aliphatic heterocycles. The van der Waals surface area contributed by atoms with Gasteiger partial charge in [-0.25, -0.2) is 4.79 Å². The van der Waals surface area contributed by atoms with E-state index < -0.39 is 12.1 Å². The standard InChI is InChI=1S/C23H25N5O4/c1-14(2)23(31)24-19-11-9-17(10-12-19)21(30)16(4)32-20(29)13-28-26-22(25-27-28)18-7-5-15(3)6-8-18/h5-12,14,16H,13H2,1-4H3,(H,24,31)/t16-/m1/s1. The summed E-state index contributed by atoms with van der Waals surface area (Å²) in [4.78, 5) is 37.7. The number of tetrazole rings is 1. The van der Waals surface area contributed by atoms with E-state index in [9.17, 15) is 14.4 Å². The molecule has 0 aliphatic rings. The molecule has 0 saturated carbocycles. The van der Waals surface area contributed by atoms with E-state index in [-0.39, 0.29) is 24.2 Å². The lowest BCUT2D eigenvalue weighted by Crippen LogP contribution is -2.27. The van der Waals surface area contributed by atoms with Gasteiger partial charge in [-0.1, -0.05) is 43.7 Å². The maximum atomic E-state index is 12.6. The minimum absolute atomic E-state index is 0.112. The summed E-state index contributed by atoms with van der Waals surface area (Å²) in [6.07, 6.45) is -0.987. The van der Waals surface area contributed by atoms with E-state index in [1.54, 1.807) is 38.1 Å². The molecule has 0 unspecified atom stereocenters. The zero-order valence-corrected chi connectivity index (χ0v) is 18.4. The predicted octanol–water partition coefficient (Wildman–Crippen LogP) is 3.06. The van der Waals surface area contributed by atoms with Crippen molar-refractivity contribution in [2.75, 3.05) is 5.32 Å². The Kier molecular flexibility index (Phi) is 7.09. The largest absolute Gasteiger partial charge is 0.453 e. The Morgan fingerprint density at radius 1 is 1.00 bits per heavy atom. The number of benzene rings is 2. The summed E-state index contributed by atoms with van der Waals surface area (Å²) in [5.74, 6) is -0.875. The fourth-order valence-electron chi connectivity index (χ4n) is 2.77. The molecule has 9 nitrogen and oxygen atoms in total. The predicted molar refractivity (Wildman–Crippen MR) is 118 cm³/mol. The zero-order chi connectivity index (χ0) is 23.3. The van der Waals surface area contributed by atoms with Gasteiger partial charge < -0.3 is 10.1 Å². The highest BCUT2D eigenvalue weighted by Crippen LogP contribution is 2.15. The van der Waals surface area contributed by atoms with Gasteiger partial charge >= 0.3 is 5.97 Å². The molecule has 0 radical (unpaired) electrons. The van der Waals surface area contributed by atoms with Crippen molar-refractivity contribution in [2.45, 2.75) is 40.3 Å². The molecule has 1 N–H and O–H groups in total. The third-order valence-corrected chi connectivity index (χ3v) is 4.67. The molecule has 1 aromatic heterocycles. The monoisotopic (exact) mass is 435 g/mol. The number of Topliss-reactive ketones (excluding diaryl/α,β-unsaturated/α-hetero) is 1. The van der Waals surface area contributed by atoms with Gasteiger partial charge in [-0.2, -0.15) is 4.80 Å². The number of esters is 1. The minimum Gasteiger partial charge on any atom is -0.453 e. The van der Waals surface area contributed by atoms with E-state index in [0.29, 0.717) is 17.1 Å². The first kappa shape index (κ1) is 22.8. The number of amides is 1. The van der Waals surface area contributed by atoms with Crippen molar-refractivity contribution in [1.82, 2.24) is 20.2 Å². The molecule has 9 heteroatoms. The van der Waals surface area contributed by atoms with Gasteiger partial charge in [-0.15, -0.1) is 10.2 Å². The van der Waals surface area contributed by atoms with Crippen LogP contribution < -0.4 is 5.32 Å². The first-order chi connectivity index (χ1) is 15.2. The molecule has 32 heavy (non-hydrogen) atoms. The van der Waals surface area contributed by atoms with Gasteiger partial charge in [0.05, 0.1) is 0 Å². The number of hydrogen-bond donors (Lipinski definition) is 1. The lowest BCUT2D eigenvalue weighted by Gasteiger charge is -2.13. The average molecular weight is 435 g/mol. The number of nitrogens with zero attached hydrogens (tertiary/aromatic N) is 4. The maximum Gasteiger partial charge on any atom is 0.330 e. The molecule has 0 bridgehead atoms. The molecule has 0 fully saturated rings. The Balaban J connectivity index is 1.55. The Morgan fingerprint density at radius 3 is 2.28 bits per heavy atom. The van der Waals surface area contributed by atoms with Crippen LogP contribution in [0.3, 0.4) is 0 Å². The van der Waals surface area contributed by atoms with Gasteiger partial charge in [0.25, 0.3) is 0 Å². The van der Waals surface area contributed by atoms with Crippen LogP contribution in [0.1, 0.15) is 36.7 Å². The van der Waals surface area contributed by atoms with Crippen LogP contribution in [-0.2, 0) is 20.9 Å². The number of carbonyl (C=O) groups is 3. The first-order valence-electron chi connectivity index (χ1n) is 10.2. The van der Waals surface area contributed by atoms with Crippen molar-refractivity contribution in [3.05, 3.63) is 59.7 Å². The molecular weight excluding hydrogens is 410 g/mol. The van der Waals surface area contributed by atoms with Gasteiger partial charge in [-0.05, 0) is 43.3 Å². The number of anilines is 1. The van der Waals surface area contributed by atoms with Crippen LogP contribution in [0.25, 0.3) is 11.4 Å². The summed E-state index contributed by atoms with van der Waals surface area (Å²) in [6.45, 7) is 6.80. The summed E-state index contributed by atoms with van der Waals surface area (Å²) in [6, 6.07) is 14.0. The fraction of sp³-hybridized carbons (Fsp3) is 0.304. The van der Waals surface area contributed by atoms with Crippen molar-refractivity contribution < 1.29 is 19.1 Å². The lowest BCUT2D eigenvalue weighted by atomic mass is 10.1. The number of ketones is 1. The lowest BCUT2D eigenvalue weighted by molar-refractivity contribution is -0.147. The topological polar surface area (TPSA) is 116 Å². The summed E-state index contributed by atoms with van der Waals surface area (Å²) >= 11 is 0. The second kappa shape index (κ2) is 9.95. The van der Waals surface area contributed by atoms with E-state index in [1.165, 1.54) is 6.92 Å². The van der Waals surface area contributed by atoms with Crippen molar-refractivity contribution in [1.29, 1.82) is 0 Å². The molecule has 3 rings (SSSR count). The molecule has 2 aromatic carbocycles. The molecule has 1 amide bonds. The van der Waals surface area contributed by atoms with Crippen molar-refractivity contribution >= 4 is 23.3 Å². The van der Waals surface area contributed by atoms with Crippen molar-refractivity contribution in [3.63, 3.8) is 0 Å². The molecular formula is C23H25N5O4. The van der Waals surface area contributed by atoms with Crippen LogP contribution in [0.15, 0.2) is 48.5 Å². The Labute approximate surface area is 185 Å². The number of aryl methyl sites for hydroxylation is 1. The van der Waals surface area contributed by atoms with Crippen molar-refractivity contribution in [3.8, 4) is 11.4 Å². The van der Waals surface area contributed by atoms with Gasteiger partial charge in [0, 0.05) is 22.7 Å². The SMILES string of the molecule is Cc1ccc(-c2nnn(CC(=O)O[C@H](C)C(=O)c3ccc(NC(=O)C(C)C)cc3)n2)cc1. The Bertz CT molecular complexity index is 1100. The van der Waals surface area contributed by atoms with E-state index in [2.05, 4.69) is 20.7 Å². The van der Waals surface area contributed by atoms with E-state index in [4.69, 9.17) is 4.74 Å². The third-order valence-electron chi connectivity index (χ3n) is 4.67. The van der Waals surface area contributed by atoms with Crippen LogP contribution in [0, 0.1) is 12.8 Å². The quantitative estimate of drug-likeness (QED) is 0.427. The Morgan fingerprint density at radius 2 is 1.66 bits per heavy atom. The minimum atomic E-state index is -0.987. The average Bonchev–Trinajstić information content (AvgIpc) is 3.22. The number of rotatable bonds is 8. The fourth-order valence-corrected chi connectivity index (χ4v) is 2.77. The van der Waals surface area contributed by atoms with Crippen LogP contribution >= 0.6 is 0 Å². The number of ether oxygens (including phenoxy) is 1. The summed E-state index contributed by atoms with van der Waals surface area (Å²) in [7, 11) is 0. The molecule has 0 spiro atoms. The summed E-state index contributed by atoms with van der Waals surface area (Å²) < 4.78 is 5.24. The van der Waals surface area contributed by atoms with Crippen molar-refractivity contribution in [2.24, 2.45) is 5.92 Å². The summed E-state index contributed by atoms with van der Waals surface area (Å²) in [5.41, 5.74) is 2.85. The maximum absolute atomic E-state index is 12.6. The highest BCUT2D eigenvalue weighted by molar-refractivity contribution is 6.00. The molecule has 0 aliphatic carbocycles. The summed E-state index contributed by atoms with van der Waals surface area (Å²) in [5, 5.41) is 14.7. The Hall–Kier alpha value is -3.88. The van der Waals surface area contributed by atoms with Crippen LogP contribution in [0.2, 0.25) is 0 Å². The normalized spacial score (nSPS) is 11.8. The van der Waals surface area contributed by atoms with Gasteiger partial charge in [0.1, 0.15) is 0 Å². The number of carbonyl (C=O) groups excluding carboxylic acids is 3. The van der Waals surface area contributed by atoms with E-state index in [1.807, 2.05) is 31.2 Å². The first-order valence-corrected chi connectivity index (χ1v) is 10.2. The van der Waals surface area contributed by atoms with Gasteiger partial charge in [0.2, 0.25) is 17.5 Å². The molecule has 166 valence electrons. The zero-order valence-electron chi connectivity index (χ0n) is 18.4. The smallest absolute Gasteiger partial charge is 0.330 e. The highest BCUT2D eigenvalue weighted by Gasteiger charge is 2.21.